The number of pyridine rings is 1. The van der Waals surface area contributed by atoms with Crippen molar-refractivity contribution in [3.63, 3.8) is 0 Å². The average molecular weight is 345 g/mol. The van der Waals surface area contributed by atoms with Gasteiger partial charge in [0.15, 0.2) is 0 Å². The molecule has 2 aromatic heterocycles. The van der Waals surface area contributed by atoms with E-state index in [-0.39, 0.29) is 5.91 Å². The van der Waals surface area contributed by atoms with Crippen LogP contribution in [0.25, 0.3) is 0 Å². The number of para-hydroxylation sites is 1. The summed E-state index contributed by atoms with van der Waals surface area (Å²) in [5, 5.41) is 5.21. The zero-order chi connectivity index (χ0) is 16.1. The summed E-state index contributed by atoms with van der Waals surface area (Å²) in [5.74, 6) is 0.970. The Morgan fingerprint density at radius 2 is 2.04 bits per heavy atom. The third kappa shape index (κ3) is 4.09. The largest absolute Gasteiger partial charge is 0.487 e. The van der Waals surface area contributed by atoms with Gasteiger partial charge in [0.05, 0.1) is 9.90 Å². The summed E-state index contributed by atoms with van der Waals surface area (Å²) in [7, 11) is 0. The number of carbonyl (C=O) groups is 1. The van der Waals surface area contributed by atoms with Crippen LogP contribution >= 0.6 is 22.9 Å². The molecule has 6 heteroatoms. The van der Waals surface area contributed by atoms with Gasteiger partial charge in [0.1, 0.15) is 18.2 Å². The lowest BCUT2D eigenvalue weighted by Crippen LogP contribution is -2.11. The van der Waals surface area contributed by atoms with Crippen molar-refractivity contribution in [2.75, 3.05) is 5.32 Å². The first kappa shape index (κ1) is 15.5. The van der Waals surface area contributed by atoms with E-state index in [1.165, 1.54) is 11.3 Å². The van der Waals surface area contributed by atoms with E-state index in [2.05, 4.69) is 10.3 Å². The summed E-state index contributed by atoms with van der Waals surface area (Å²) < 4.78 is 5.66. The molecule has 0 atom stereocenters. The van der Waals surface area contributed by atoms with E-state index in [4.69, 9.17) is 16.3 Å². The number of hydrogen-bond donors (Lipinski definition) is 1. The van der Waals surface area contributed by atoms with Crippen molar-refractivity contribution in [1.29, 1.82) is 0 Å². The van der Waals surface area contributed by atoms with Gasteiger partial charge in [-0.25, -0.2) is 4.98 Å². The highest BCUT2D eigenvalue weighted by Gasteiger charge is 2.10. The van der Waals surface area contributed by atoms with Crippen molar-refractivity contribution in [2.45, 2.75) is 6.61 Å². The number of carbonyl (C=O) groups excluding carboxylic acids is 1. The maximum absolute atomic E-state index is 12.2. The van der Waals surface area contributed by atoms with Gasteiger partial charge in [-0.2, -0.15) is 0 Å². The molecular weight excluding hydrogens is 332 g/mol. The fourth-order valence-corrected chi connectivity index (χ4v) is 2.89. The molecule has 0 saturated carbocycles. The minimum Gasteiger partial charge on any atom is -0.487 e. The highest BCUT2D eigenvalue weighted by atomic mass is 35.5. The number of halogens is 1. The number of hydrogen-bond acceptors (Lipinski definition) is 4. The lowest BCUT2D eigenvalue weighted by molar-refractivity contribution is 0.103. The molecule has 0 radical (unpaired) electrons. The SMILES string of the molecule is O=C(Nc1ccccn1)c1cc(COc2ccccc2Cl)cs1. The summed E-state index contributed by atoms with van der Waals surface area (Å²) in [4.78, 5) is 16.8. The van der Waals surface area contributed by atoms with Crippen LogP contribution in [0.3, 0.4) is 0 Å². The molecule has 0 aliphatic heterocycles. The number of nitrogens with zero attached hydrogens (tertiary/aromatic N) is 1. The number of rotatable bonds is 5. The van der Waals surface area contributed by atoms with E-state index in [0.717, 1.165) is 5.56 Å². The van der Waals surface area contributed by atoms with E-state index in [1.807, 2.05) is 29.6 Å². The molecule has 2 heterocycles. The maximum Gasteiger partial charge on any atom is 0.266 e. The number of anilines is 1. The van der Waals surface area contributed by atoms with E-state index in [0.29, 0.717) is 28.1 Å². The second kappa shape index (κ2) is 7.26. The van der Waals surface area contributed by atoms with Gasteiger partial charge in [-0.05, 0) is 35.7 Å². The predicted octanol–water partition coefficient (Wildman–Crippen LogP) is 4.63. The van der Waals surface area contributed by atoms with Gasteiger partial charge < -0.3 is 10.1 Å². The minimum atomic E-state index is -0.183. The van der Waals surface area contributed by atoms with Crippen molar-refractivity contribution in [3.8, 4) is 5.75 Å². The van der Waals surface area contributed by atoms with E-state index in [9.17, 15) is 4.79 Å². The number of ether oxygens (including phenoxy) is 1. The van der Waals surface area contributed by atoms with Gasteiger partial charge in [-0.3, -0.25) is 4.79 Å². The fourth-order valence-electron chi connectivity index (χ4n) is 1.91. The van der Waals surface area contributed by atoms with Crippen LogP contribution in [0.15, 0.2) is 60.1 Å². The second-order valence-corrected chi connectivity index (χ2v) is 6.03. The highest BCUT2D eigenvalue weighted by molar-refractivity contribution is 7.12. The topological polar surface area (TPSA) is 51.2 Å². The van der Waals surface area contributed by atoms with Crippen LogP contribution < -0.4 is 10.1 Å². The molecule has 1 N–H and O–H groups in total. The third-order valence-corrected chi connectivity index (χ3v) is 4.31. The zero-order valence-electron chi connectivity index (χ0n) is 12.0. The number of amides is 1. The predicted molar refractivity (Wildman–Crippen MR) is 92.3 cm³/mol. The van der Waals surface area contributed by atoms with Gasteiger partial charge in [-0.15, -0.1) is 11.3 Å². The molecular formula is C17H13ClN2O2S. The molecule has 0 aliphatic carbocycles. The van der Waals surface area contributed by atoms with Crippen molar-refractivity contribution >= 4 is 34.7 Å². The number of nitrogens with one attached hydrogen (secondary N) is 1. The number of aromatic nitrogens is 1. The summed E-state index contributed by atoms with van der Waals surface area (Å²) in [5.41, 5.74) is 0.918. The van der Waals surface area contributed by atoms with E-state index in [1.54, 1.807) is 30.5 Å². The standard InChI is InChI=1S/C17H13ClN2O2S/c18-13-5-1-2-6-14(13)22-10-12-9-15(23-11-12)17(21)20-16-7-3-4-8-19-16/h1-9,11H,10H2,(H,19,20,21). The smallest absolute Gasteiger partial charge is 0.266 e. The summed E-state index contributed by atoms with van der Waals surface area (Å²) in [6, 6.07) is 14.5. The summed E-state index contributed by atoms with van der Waals surface area (Å²) in [6.07, 6.45) is 1.63. The first-order valence-corrected chi connectivity index (χ1v) is 8.15. The molecule has 1 aromatic carbocycles. The Balaban J connectivity index is 1.62. The van der Waals surface area contributed by atoms with Gasteiger partial charge in [0.2, 0.25) is 0 Å². The Kier molecular flexibility index (Phi) is 4.90. The monoisotopic (exact) mass is 344 g/mol. The molecule has 23 heavy (non-hydrogen) atoms. The Morgan fingerprint density at radius 3 is 2.83 bits per heavy atom. The van der Waals surface area contributed by atoms with Crippen LogP contribution in [0.1, 0.15) is 15.2 Å². The minimum absolute atomic E-state index is 0.183. The molecule has 0 aliphatic rings. The molecule has 0 saturated heterocycles. The molecule has 116 valence electrons. The van der Waals surface area contributed by atoms with E-state index >= 15 is 0 Å². The van der Waals surface area contributed by atoms with Crippen molar-refractivity contribution in [3.05, 3.63) is 75.6 Å². The lowest BCUT2D eigenvalue weighted by atomic mass is 10.3. The molecule has 4 nitrogen and oxygen atoms in total. The average Bonchev–Trinajstić information content (AvgIpc) is 3.04. The molecule has 0 bridgehead atoms. The lowest BCUT2D eigenvalue weighted by Gasteiger charge is -2.06. The first-order chi connectivity index (χ1) is 11.2. The molecule has 3 aromatic rings. The van der Waals surface area contributed by atoms with Crippen molar-refractivity contribution in [1.82, 2.24) is 4.98 Å². The van der Waals surface area contributed by atoms with Crippen LogP contribution in [0.2, 0.25) is 5.02 Å². The number of thiophene rings is 1. The van der Waals surface area contributed by atoms with Crippen LogP contribution in [-0.2, 0) is 6.61 Å². The van der Waals surface area contributed by atoms with Crippen LogP contribution in [0.4, 0.5) is 5.82 Å². The van der Waals surface area contributed by atoms with Gasteiger partial charge in [0, 0.05) is 11.8 Å². The van der Waals surface area contributed by atoms with Gasteiger partial charge in [0.25, 0.3) is 5.91 Å². The van der Waals surface area contributed by atoms with Gasteiger partial charge >= 0.3 is 0 Å². The van der Waals surface area contributed by atoms with Crippen LogP contribution in [0.5, 0.6) is 5.75 Å². The maximum atomic E-state index is 12.2. The molecule has 0 unspecified atom stereocenters. The molecule has 0 spiro atoms. The zero-order valence-corrected chi connectivity index (χ0v) is 13.6. The first-order valence-electron chi connectivity index (χ1n) is 6.89. The van der Waals surface area contributed by atoms with Crippen LogP contribution in [-0.4, -0.2) is 10.9 Å². The molecule has 0 fully saturated rings. The fraction of sp³-hybridized carbons (Fsp3) is 0.0588. The molecule has 1 amide bonds. The van der Waals surface area contributed by atoms with Gasteiger partial charge in [-0.1, -0.05) is 29.8 Å². The Hall–Kier alpha value is -2.37. The molecule has 3 rings (SSSR count). The Morgan fingerprint density at radius 1 is 1.22 bits per heavy atom. The van der Waals surface area contributed by atoms with Crippen molar-refractivity contribution in [2.24, 2.45) is 0 Å². The quantitative estimate of drug-likeness (QED) is 0.734. The third-order valence-electron chi connectivity index (χ3n) is 3.02. The van der Waals surface area contributed by atoms with Crippen molar-refractivity contribution < 1.29 is 9.53 Å². The normalized spacial score (nSPS) is 10.3. The van der Waals surface area contributed by atoms with Crippen LogP contribution in [0, 0.1) is 0 Å². The Bertz CT molecular complexity index is 805. The Labute approximate surface area is 142 Å². The second-order valence-electron chi connectivity index (χ2n) is 4.71. The number of benzene rings is 1. The summed E-state index contributed by atoms with van der Waals surface area (Å²) >= 11 is 7.41. The highest BCUT2D eigenvalue weighted by Crippen LogP contribution is 2.25. The summed E-state index contributed by atoms with van der Waals surface area (Å²) in [6.45, 7) is 0.358. The van der Waals surface area contributed by atoms with E-state index < -0.39 is 0 Å².